The highest BCUT2D eigenvalue weighted by atomic mass is 19.3. The number of alkyl halides is 2. The Morgan fingerprint density at radius 2 is 2.36 bits per heavy atom. The van der Waals surface area contributed by atoms with Gasteiger partial charge in [0.2, 0.25) is 0 Å². The van der Waals surface area contributed by atoms with Gasteiger partial charge in [0.05, 0.1) is 18.9 Å². The molecule has 0 spiro atoms. The first-order valence-electron chi connectivity index (χ1n) is 5.07. The van der Waals surface area contributed by atoms with Gasteiger partial charge in [0.1, 0.15) is 0 Å². The predicted octanol–water partition coefficient (Wildman–Crippen LogP) is 2.31. The molecule has 1 heterocycles. The average molecular weight is 205 g/mol. The first-order chi connectivity index (χ1) is 6.75. The molecule has 0 amide bonds. The normalized spacial score (nSPS) is 19.0. The van der Waals surface area contributed by atoms with Crippen molar-refractivity contribution in [3.05, 3.63) is 11.8 Å². The van der Waals surface area contributed by atoms with Gasteiger partial charge in [-0.15, -0.1) is 0 Å². The van der Waals surface area contributed by atoms with E-state index in [0.717, 1.165) is 12.8 Å². The second kappa shape index (κ2) is 5.96. The Morgan fingerprint density at radius 3 is 2.86 bits per heavy atom. The molecule has 0 saturated heterocycles. The van der Waals surface area contributed by atoms with E-state index in [4.69, 9.17) is 4.74 Å². The van der Waals surface area contributed by atoms with Crippen molar-refractivity contribution in [2.45, 2.75) is 38.7 Å². The van der Waals surface area contributed by atoms with E-state index >= 15 is 0 Å². The Balaban J connectivity index is 2.52. The second-order valence-corrected chi connectivity index (χ2v) is 3.43. The summed E-state index contributed by atoms with van der Waals surface area (Å²) in [6, 6.07) is -0.824. The van der Waals surface area contributed by atoms with Crippen molar-refractivity contribution < 1.29 is 13.5 Å². The van der Waals surface area contributed by atoms with E-state index in [1.54, 1.807) is 0 Å². The second-order valence-electron chi connectivity index (χ2n) is 3.43. The summed E-state index contributed by atoms with van der Waals surface area (Å²) in [5, 5.41) is 2.84. The van der Waals surface area contributed by atoms with Crippen LogP contribution in [0.5, 0.6) is 0 Å². The molecule has 2 nitrogen and oxygen atoms in total. The number of nitrogens with one attached hydrogen (secondary N) is 1. The Morgan fingerprint density at radius 1 is 1.57 bits per heavy atom. The minimum atomic E-state index is -2.35. The fraction of sp³-hybridized carbons (Fsp3) is 0.800. The molecule has 1 aliphatic rings. The molecule has 1 aliphatic heterocycles. The standard InChI is InChI=1S/C10H17F2NO/c1-2-5-13-9(10(11)12)8-4-3-6-14-7-8/h7,9-10,13H,2-6H2,1H3. The van der Waals surface area contributed by atoms with Gasteiger partial charge >= 0.3 is 0 Å². The maximum absolute atomic E-state index is 12.6. The first-order valence-corrected chi connectivity index (χ1v) is 5.07. The third kappa shape index (κ3) is 3.25. The predicted molar refractivity (Wildman–Crippen MR) is 51.4 cm³/mol. The highest BCUT2D eigenvalue weighted by molar-refractivity contribution is 5.11. The summed E-state index contributed by atoms with van der Waals surface area (Å²) in [5.74, 6) is 0. The van der Waals surface area contributed by atoms with E-state index < -0.39 is 12.5 Å². The van der Waals surface area contributed by atoms with Gasteiger partial charge in [-0.2, -0.15) is 0 Å². The van der Waals surface area contributed by atoms with E-state index in [1.165, 1.54) is 6.26 Å². The van der Waals surface area contributed by atoms with Crippen LogP contribution in [0.25, 0.3) is 0 Å². The van der Waals surface area contributed by atoms with Gasteiger partial charge < -0.3 is 10.1 Å². The number of rotatable bonds is 5. The van der Waals surface area contributed by atoms with Crippen molar-refractivity contribution in [2.75, 3.05) is 13.2 Å². The van der Waals surface area contributed by atoms with Crippen molar-refractivity contribution in [3.63, 3.8) is 0 Å². The highest BCUT2D eigenvalue weighted by Crippen LogP contribution is 2.20. The van der Waals surface area contributed by atoms with Gasteiger partial charge in [0, 0.05) is 0 Å². The quantitative estimate of drug-likeness (QED) is 0.743. The van der Waals surface area contributed by atoms with E-state index in [2.05, 4.69) is 5.32 Å². The maximum Gasteiger partial charge on any atom is 0.257 e. The third-order valence-electron chi connectivity index (χ3n) is 2.23. The summed E-state index contributed by atoms with van der Waals surface area (Å²) in [6.45, 7) is 3.22. The van der Waals surface area contributed by atoms with Crippen LogP contribution in [0.1, 0.15) is 26.2 Å². The molecule has 82 valence electrons. The van der Waals surface area contributed by atoms with Crippen LogP contribution in [-0.2, 0) is 4.74 Å². The Labute approximate surface area is 83.3 Å². The lowest BCUT2D eigenvalue weighted by atomic mass is 10.0. The van der Waals surface area contributed by atoms with Gasteiger partial charge in [0.25, 0.3) is 6.43 Å². The average Bonchev–Trinajstić information content (AvgIpc) is 2.19. The van der Waals surface area contributed by atoms with Crippen LogP contribution in [0.3, 0.4) is 0 Å². The minimum absolute atomic E-state index is 0.617. The van der Waals surface area contributed by atoms with Crippen molar-refractivity contribution in [1.29, 1.82) is 0 Å². The molecule has 14 heavy (non-hydrogen) atoms. The van der Waals surface area contributed by atoms with E-state index in [0.29, 0.717) is 25.1 Å². The monoisotopic (exact) mass is 205 g/mol. The summed E-state index contributed by atoms with van der Waals surface area (Å²) in [7, 11) is 0. The smallest absolute Gasteiger partial charge is 0.257 e. The summed E-state index contributed by atoms with van der Waals surface area (Å²) in [4.78, 5) is 0. The molecule has 0 aliphatic carbocycles. The zero-order chi connectivity index (χ0) is 10.4. The molecule has 1 unspecified atom stereocenters. The summed E-state index contributed by atoms with van der Waals surface area (Å²) in [6.07, 6.45) is 1.55. The molecular formula is C10H17F2NO. The van der Waals surface area contributed by atoms with Crippen LogP contribution in [0, 0.1) is 0 Å². The number of hydrogen-bond acceptors (Lipinski definition) is 2. The molecule has 1 atom stereocenters. The lowest BCUT2D eigenvalue weighted by Gasteiger charge is -2.23. The van der Waals surface area contributed by atoms with E-state index in [-0.39, 0.29) is 0 Å². The first kappa shape index (κ1) is 11.4. The minimum Gasteiger partial charge on any atom is -0.501 e. The molecule has 0 saturated carbocycles. The van der Waals surface area contributed by atoms with Crippen molar-refractivity contribution >= 4 is 0 Å². The SMILES string of the molecule is CCCNC(C1=COCCC1)C(F)F. The number of halogens is 2. The van der Waals surface area contributed by atoms with E-state index in [1.807, 2.05) is 6.92 Å². The molecule has 0 bridgehead atoms. The van der Waals surface area contributed by atoms with Crippen LogP contribution >= 0.6 is 0 Å². The molecule has 0 fully saturated rings. The van der Waals surface area contributed by atoms with Gasteiger partial charge in [-0.1, -0.05) is 6.92 Å². The van der Waals surface area contributed by atoms with Crippen LogP contribution in [0.15, 0.2) is 11.8 Å². The Bertz CT molecular complexity index is 195. The molecule has 0 aromatic rings. The lowest BCUT2D eigenvalue weighted by molar-refractivity contribution is 0.105. The van der Waals surface area contributed by atoms with Crippen molar-refractivity contribution in [2.24, 2.45) is 0 Å². The summed E-state index contributed by atoms with van der Waals surface area (Å²) >= 11 is 0. The fourth-order valence-electron chi connectivity index (χ4n) is 1.50. The summed E-state index contributed by atoms with van der Waals surface area (Å²) in [5.41, 5.74) is 0.694. The van der Waals surface area contributed by atoms with Gasteiger partial charge in [-0.3, -0.25) is 0 Å². The molecule has 0 radical (unpaired) electrons. The van der Waals surface area contributed by atoms with Crippen LogP contribution in [0.4, 0.5) is 8.78 Å². The highest BCUT2D eigenvalue weighted by Gasteiger charge is 2.25. The van der Waals surface area contributed by atoms with E-state index in [9.17, 15) is 8.78 Å². The maximum atomic E-state index is 12.6. The third-order valence-corrected chi connectivity index (χ3v) is 2.23. The molecule has 1 N–H and O–H groups in total. The zero-order valence-electron chi connectivity index (χ0n) is 8.43. The zero-order valence-corrected chi connectivity index (χ0v) is 8.43. The fourth-order valence-corrected chi connectivity index (χ4v) is 1.50. The van der Waals surface area contributed by atoms with Crippen molar-refractivity contribution in [1.82, 2.24) is 5.32 Å². The molecule has 0 aromatic heterocycles. The molecule has 1 rings (SSSR count). The molecular weight excluding hydrogens is 188 g/mol. The molecule has 0 aromatic carbocycles. The van der Waals surface area contributed by atoms with Gasteiger partial charge in [-0.25, -0.2) is 8.78 Å². The largest absolute Gasteiger partial charge is 0.501 e. The van der Waals surface area contributed by atoms with Gasteiger partial charge in [0.15, 0.2) is 0 Å². The number of ether oxygens (including phenoxy) is 1. The van der Waals surface area contributed by atoms with Crippen LogP contribution in [-0.4, -0.2) is 25.6 Å². The van der Waals surface area contributed by atoms with Gasteiger partial charge in [-0.05, 0) is 31.4 Å². The molecule has 4 heteroatoms. The Hall–Kier alpha value is -0.640. The Kier molecular flexibility index (Phi) is 4.87. The lowest BCUT2D eigenvalue weighted by Crippen LogP contribution is -2.38. The number of hydrogen-bond donors (Lipinski definition) is 1. The van der Waals surface area contributed by atoms with Crippen LogP contribution < -0.4 is 5.32 Å². The van der Waals surface area contributed by atoms with Crippen molar-refractivity contribution in [3.8, 4) is 0 Å². The summed E-state index contributed by atoms with van der Waals surface area (Å²) < 4.78 is 30.4. The van der Waals surface area contributed by atoms with Crippen LogP contribution in [0.2, 0.25) is 0 Å². The topological polar surface area (TPSA) is 21.3 Å².